The van der Waals surface area contributed by atoms with Gasteiger partial charge in [0.25, 0.3) is 0 Å². The molecule has 2 rings (SSSR count). The maximum atomic E-state index is 4.13. The third-order valence-corrected chi connectivity index (χ3v) is 3.20. The van der Waals surface area contributed by atoms with Crippen molar-refractivity contribution in [1.82, 2.24) is 25.0 Å². The minimum Gasteiger partial charge on any atom is -0.232 e. The van der Waals surface area contributed by atoms with Crippen LogP contribution in [0.25, 0.3) is 0 Å². The first-order valence-corrected chi connectivity index (χ1v) is 6.10. The Labute approximate surface area is 101 Å². The fourth-order valence-corrected chi connectivity index (χ4v) is 2.59. The minimum absolute atomic E-state index is 0.561. The van der Waals surface area contributed by atoms with Crippen molar-refractivity contribution in [2.75, 3.05) is 0 Å². The van der Waals surface area contributed by atoms with Gasteiger partial charge in [-0.05, 0) is 38.8 Å². The molecule has 74 valence electrons. The third kappa shape index (κ3) is 2.18. The summed E-state index contributed by atoms with van der Waals surface area (Å²) in [5.41, 5.74) is 0. The van der Waals surface area contributed by atoms with Gasteiger partial charge < -0.3 is 0 Å². The van der Waals surface area contributed by atoms with Gasteiger partial charge in [0.1, 0.15) is 10.0 Å². The smallest absolute Gasteiger partial charge is 0.218 e. The lowest BCUT2D eigenvalue weighted by Gasteiger charge is -1.95. The van der Waals surface area contributed by atoms with Gasteiger partial charge in [0.05, 0.1) is 6.54 Å². The van der Waals surface area contributed by atoms with Crippen LogP contribution in [0.4, 0.5) is 0 Å². The van der Waals surface area contributed by atoms with Crippen molar-refractivity contribution < 1.29 is 0 Å². The molecule has 5 nitrogen and oxygen atoms in total. The van der Waals surface area contributed by atoms with Crippen molar-refractivity contribution in [2.45, 2.75) is 13.5 Å². The molecule has 0 unspecified atom stereocenters. The van der Waals surface area contributed by atoms with Crippen molar-refractivity contribution in [2.24, 2.45) is 0 Å². The maximum absolute atomic E-state index is 4.13. The molecule has 2 aromatic heterocycles. The van der Waals surface area contributed by atoms with Crippen molar-refractivity contribution in [3.8, 4) is 0 Å². The van der Waals surface area contributed by atoms with Crippen molar-refractivity contribution >= 4 is 43.2 Å². The molecule has 2 heterocycles. The number of halogens is 2. The summed E-state index contributed by atoms with van der Waals surface area (Å²) in [6, 6.07) is 0. The predicted octanol–water partition coefficient (Wildman–Crippen LogP) is 2.01. The SMILES string of the molecule is Cc1nnc(Cn2nc(Br)nc2Br)s1. The van der Waals surface area contributed by atoms with Crippen LogP contribution in [0.3, 0.4) is 0 Å². The highest BCUT2D eigenvalue weighted by Crippen LogP contribution is 2.15. The van der Waals surface area contributed by atoms with Crippen LogP contribution in [-0.4, -0.2) is 25.0 Å². The molecule has 2 aromatic rings. The Bertz CT molecular complexity index is 451. The second-order valence-corrected chi connectivity index (χ2v) is 5.21. The summed E-state index contributed by atoms with van der Waals surface area (Å²) in [6.45, 7) is 2.51. The zero-order valence-electron chi connectivity index (χ0n) is 7.11. The van der Waals surface area contributed by atoms with Gasteiger partial charge in [0, 0.05) is 0 Å². The van der Waals surface area contributed by atoms with Crippen LogP contribution in [0, 0.1) is 6.92 Å². The predicted molar refractivity (Wildman–Crippen MR) is 59.2 cm³/mol. The van der Waals surface area contributed by atoms with Crippen LogP contribution in [0.1, 0.15) is 10.0 Å². The summed E-state index contributed by atoms with van der Waals surface area (Å²) in [5, 5.41) is 13.9. The van der Waals surface area contributed by atoms with E-state index in [0.717, 1.165) is 10.0 Å². The molecule has 0 atom stereocenters. The van der Waals surface area contributed by atoms with Gasteiger partial charge in [-0.1, -0.05) is 11.3 Å². The lowest BCUT2D eigenvalue weighted by atomic mass is 10.7. The number of rotatable bonds is 2. The fraction of sp³-hybridized carbons (Fsp3) is 0.333. The zero-order chi connectivity index (χ0) is 10.1. The van der Waals surface area contributed by atoms with E-state index in [0.29, 0.717) is 16.0 Å². The standard InChI is InChI=1S/C6H5Br2N5S/c1-3-10-11-4(14-3)2-13-6(8)9-5(7)12-13/h2H2,1H3. The Morgan fingerprint density at radius 2 is 2.14 bits per heavy atom. The second kappa shape index (κ2) is 4.03. The molecule has 0 aliphatic carbocycles. The lowest BCUT2D eigenvalue weighted by Crippen LogP contribution is -2.01. The van der Waals surface area contributed by atoms with E-state index in [1.807, 2.05) is 6.92 Å². The largest absolute Gasteiger partial charge is 0.232 e. The first kappa shape index (κ1) is 10.2. The molecule has 0 spiro atoms. The molecule has 0 N–H and O–H groups in total. The summed E-state index contributed by atoms with van der Waals surface area (Å²) in [7, 11) is 0. The van der Waals surface area contributed by atoms with E-state index >= 15 is 0 Å². The Hall–Kier alpha value is -0.340. The van der Waals surface area contributed by atoms with E-state index in [2.05, 4.69) is 52.1 Å². The van der Waals surface area contributed by atoms with Gasteiger partial charge >= 0.3 is 0 Å². The lowest BCUT2D eigenvalue weighted by molar-refractivity contribution is 0.656. The Balaban J connectivity index is 2.22. The molecule has 0 bridgehead atoms. The molecular formula is C6H5Br2N5S. The number of hydrogen-bond acceptors (Lipinski definition) is 5. The third-order valence-electron chi connectivity index (χ3n) is 1.45. The molecule has 0 aliphatic heterocycles. The molecule has 0 saturated carbocycles. The topological polar surface area (TPSA) is 56.5 Å². The summed E-state index contributed by atoms with van der Waals surface area (Å²) in [4.78, 5) is 4.06. The Morgan fingerprint density at radius 1 is 1.36 bits per heavy atom. The van der Waals surface area contributed by atoms with Gasteiger partial charge in [-0.25, -0.2) is 4.68 Å². The van der Waals surface area contributed by atoms with Crippen LogP contribution in [-0.2, 0) is 6.54 Å². The van der Waals surface area contributed by atoms with E-state index in [-0.39, 0.29) is 0 Å². The van der Waals surface area contributed by atoms with E-state index in [9.17, 15) is 0 Å². The van der Waals surface area contributed by atoms with Crippen LogP contribution < -0.4 is 0 Å². The van der Waals surface area contributed by atoms with Crippen LogP contribution in [0.15, 0.2) is 9.47 Å². The van der Waals surface area contributed by atoms with Crippen molar-refractivity contribution in [3.05, 3.63) is 19.5 Å². The summed E-state index contributed by atoms with van der Waals surface area (Å²) >= 11 is 8.05. The second-order valence-electron chi connectivity index (χ2n) is 2.52. The Kier molecular flexibility index (Phi) is 2.93. The Morgan fingerprint density at radius 3 is 2.64 bits per heavy atom. The maximum Gasteiger partial charge on any atom is 0.218 e. The van der Waals surface area contributed by atoms with Crippen LogP contribution in [0.5, 0.6) is 0 Å². The zero-order valence-corrected chi connectivity index (χ0v) is 11.1. The van der Waals surface area contributed by atoms with Crippen molar-refractivity contribution in [3.63, 3.8) is 0 Å². The van der Waals surface area contributed by atoms with E-state index < -0.39 is 0 Å². The average molecular weight is 339 g/mol. The molecule has 0 fully saturated rings. The van der Waals surface area contributed by atoms with Gasteiger partial charge in [0.15, 0.2) is 4.73 Å². The molecule has 0 aliphatic rings. The van der Waals surface area contributed by atoms with E-state index in [1.54, 1.807) is 16.0 Å². The minimum atomic E-state index is 0.561. The van der Waals surface area contributed by atoms with Gasteiger partial charge in [-0.3, -0.25) is 0 Å². The van der Waals surface area contributed by atoms with Crippen molar-refractivity contribution in [1.29, 1.82) is 0 Å². The normalized spacial score (nSPS) is 10.8. The number of hydrogen-bond donors (Lipinski definition) is 0. The molecule has 0 aromatic carbocycles. The highest BCUT2D eigenvalue weighted by atomic mass is 79.9. The summed E-state index contributed by atoms with van der Waals surface area (Å²) in [6.07, 6.45) is 0. The number of nitrogens with zero attached hydrogens (tertiary/aromatic N) is 5. The number of aromatic nitrogens is 5. The van der Waals surface area contributed by atoms with Gasteiger partial charge in [-0.15, -0.1) is 15.3 Å². The molecule has 8 heteroatoms. The molecule has 0 saturated heterocycles. The van der Waals surface area contributed by atoms with E-state index in [1.165, 1.54) is 0 Å². The van der Waals surface area contributed by atoms with Gasteiger partial charge in [-0.2, -0.15) is 4.98 Å². The highest BCUT2D eigenvalue weighted by Gasteiger charge is 2.08. The summed E-state index contributed by atoms with van der Waals surface area (Å²) < 4.78 is 2.95. The summed E-state index contributed by atoms with van der Waals surface area (Å²) in [5.74, 6) is 0. The van der Waals surface area contributed by atoms with E-state index in [4.69, 9.17) is 0 Å². The van der Waals surface area contributed by atoms with Gasteiger partial charge in [0.2, 0.25) is 4.73 Å². The first-order valence-electron chi connectivity index (χ1n) is 3.70. The van der Waals surface area contributed by atoms with Crippen LogP contribution in [0.2, 0.25) is 0 Å². The first-order chi connectivity index (χ1) is 6.65. The fourth-order valence-electron chi connectivity index (χ4n) is 0.927. The average Bonchev–Trinajstić information content (AvgIpc) is 2.61. The number of aryl methyl sites for hydroxylation is 1. The highest BCUT2D eigenvalue weighted by molar-refractivity contribution is 9.11. The molecular weight excluding hydrogens is 334 g/mol. The molecule has 0 radical (unpaired) electrons. The monoisotopic (exact) mass is 337 g/mol. The molecule has 0 amide bonds. The quantitative estimate of drug-likeness (QED) is 0.840. The molecule has 14 heavy (non-hydrogen) atoms. The van der Waals surface area contributed by atoms with Crippen LogP contribution >= 0.6 is 43.2 Å².